The molecule has 2 N–H and O–H groups in total. The van der Waals surface area contributed by atoms with Gasteiger partial charge in [-0.05, 0) is 58.0 Å². The van der Waals surface area contributed by atoms with Crippen molar-refractivity contribution < 1.29 is 4.74 Å². The Balaban J connectivity index is 2.74. The van der Waals surface area contributed by atoms with E-state index in [1.54, 1.807) is 7.11 Å². The summed E-state index contributed by atoms with van der Waals surface area (Å²) in [6.45, 7) is 8.21. The Morgan fingerprint density at radius 2 is 1.89 bits per heavy atom. The Labute approximate surface area is 111 Å². The van der Waals surface area contributed by atoms with Crippen LogP contribution in [0.25, 0.3) is 0 Å². The number of hydrogen-bond donors (Lipinski definition) is 1. The maximum absolute atomic E-state index is 5.78. The molecule has 1 unspecified atom stereocenters. The minimum absolute atomic E-state index is 0.258. The predicted molar refractivity (Wildman–Crippen MR) is 77.1 cm³/mol. The van der Waals surface area contributed by atoms with Gasteiger partial charge in [-0.3, -0.25) is 0 Å². The Bertz CT molecular complexity index is 388. The molecule has 0 aromatic heterocycles. The van der Waals surface area contributed by atoms with E-state index in [0.717, 1.165) is 25.3 Å². The molecule has 0 fully saturated rings. The molecule has 3 heteroatoms. The minimum Gasteiger partial charge on any atom is -0.496 e. The highest BCUT2D eigenvalue weighted by Gasteiger charge is 2.09. The third kappa shape index (κ3) is 4.31. The summed E-state index contributed by atoms with van der Waals surface area (Å²) in [4.78, 5) is 2.29. The zero-order valence-corrected chi connectivity index (χ0v) is 12.3. The first-order valence-corrected chi connectivity index (χ1v) is 6.52. The number of ether oxygens (including phenoxy) is 1. The molecule has 1 atom stereocenters. The maximum atomic E-state index is 5.78. The van der Waals surface area contributed by atoms with Gasteiger partial charge in [0.05, 0.1) is 7.11 Å². The van der Waals surface area contributed by atoms with Crippen LogP contribution in [0, 0.1) is 13.8 Å². The summed E-state index contributed by atoms with van der Waals surface area (Å²) >= 11 is 0. The summed E-state index contributed by atoms with van der Waals surface area (Å²) in [5.41, 5.74) is 9.61. The molecule has 18 heavy (non-hydrogen) atoms. The van der Waals surface area contributed by atoms with E-state index >= 15 is 0 Å². The van der Waals surface area contributed by atoms with E-state index in [1.807, 2.05) is 6.92 Å². The molecule has 0 spiro atoms. The second-order valence-corrected chi connectivity index (χ2v) is 5.25. The van der Waals surface area contributed by atoms with Gasteiger partial charge in [0.25, 0.3) is 0 Å². The zero-order valence-electron chi connectivity index (χ0n) is 12.3. The van der Waals surface area contributed by atoms with Gasteiger partial charge in [0.2, 0.25) is 0 Å². The number of hydrogen-bond acceptors (Lipinski definition) is 3. The van der Waals surface area contributed by atoms with Crippen LogP contribution in [0.3, 0.4) is 0 Å². The topological polar surface area (TPSA) is 38.5 Å². The van der Waals surface area contributed by atoms with Gasteiger partial charge in [0, 0.05) is 18.2 Å². The van der Waals surface area contributed by atoms with E-state index in [4.69, 9.17) is 10.5 Å². The number of nitrogens with zero attached hydrogens (tertiary/aromatic N) is 1. The first kappa shape index (κ1) is 15.0. The molecular formula is C15H26N2O. The third-order valence-electron chi connectivity index (χ3n) is 3.30. The molecule has 1 aromatic carbocycles. The highest BCUT2D eigenvalue weighted by molar-refractivity contribution is 5.41. The highest BCUT2D eigenvalue weighted by atomic mass is 16.5. The average Bonchev–Trinajstić information content (AvgIpc) is 2.31. The molecule has 0 saturated carbocycles. The van der Waals surface area contributed by atoms with Crippen molar-refractivity contribution in [3.63, 3.8) is 0 Å². The molecular weight excluding hydrogens is 224 g/mol. The quantitative estimate of drug-likeness (QED) is 0.843. The number of methoxy groups -OCH3 is 1. The molecule has 3 nitrogen and oxygen atoms in total. The standard InChI is InChI=1S/C15H26N2O/c1-11-8-14(15(18-5)9-12(11)2)10-17(4)7-6-13(3)16/h8-9,13H,6-7,10,16H2,1-5H3. The van der Waals surface area contributed by atoms with E-state index in [0.29, 0.717) is 0 Å². The fourth-order valence-electron chi connectivity index (χ4n) is 1.96. The Kier molecular flexibility index (Phi) is 5.63. The van der Waals surface area contributed by atoms with Crippen molar-refractivity contribution in [2.24, 2.45) is 5.73 Å². The lowest BCUT2D eigenvalue weighted by atomic mass is 10.0. The van der Waals surface area contributed by atoms with Crippen molar-refractivity contribution in [1.82, 2.24) is 4.90 Å². The van der Waals surface area contributed by atoms with Crippen LogP contribution in [0.1, 0.15) is 30.0 Å². The molecule has 0 bridgehead atoms. The van der Waals surface area contributed by atoms with E-state index in [2.05, 4.69) is 37.9 Å². The number of rotatable bonds is 6. The third-order valence-corrected chi connectivity index (χ3v) is 3.30. The van der Waals surface area contributed by atoms with Crippen molar-refractivity contribution in [3.8, 4) is 5.75 Å². The van der Waals surface area contributed by atoms with E-state index < -0.39 is 0 Å². The van der Waals surface area contributed by atoms with Crippen molar-refractivity contribution in [2.45, 2.75) is 39.8 Å². The van der Waals surface area contributed by atoms with Gasteiger partial charge >= 0.3 is 0 Å². The van der Waals surface area contributed by atoms with Crippen molar-refractivity contribution in [3.05, 3.63) is 28.8 Å². The summed E-state index contributed by atoms with van der Waals surface area (Å²) in [6.07, 6.45) is 1.02. The average molecular weight is 250 g/mol. The SMILES string of the molecule is COc1cc(C)c(C)cc1CN(C)CCC(C)N. The lowest BCUT2D eigenvalue weighted by Crippen LogP contribution is -2.26. The van der Waals surface area contributed by atoms with Gasteiger partial charge < -0.3 is 15.4 Å². The molecule has 0 aliphatic heterocycles. The fraction of sp³-hybridized carbons (Fsp3) is 0.600. The molecule has 0 radical (unpaired) electrons. The maximum Gasteiger partial charge on any atom is 0.123 e. The monoisotopic (exact) mass is 250 g/mol. The van der Waals surface area contributed by atoms with Gasteiger partial charge in [-0.1, -0.05) is 6.07 Å². The van der Waals surface area contributed by atoms with Crippen LogP contribution in [0.15, 0.2) is 12.1 Å². The van der Waals surface area contributed by atoms with Crippen LogP contribution >= 0.6 is 0 Å². The Hall–Kier alpha value is -1.06. The summed E-state index contributed by atoms with van der Waals surface area (Å²) in [6, 6.07) is 4.59. The normalized spacial score (nSPS) is 12.8. The number of nitrogens with two attached hydrogens (primary N) is 1. The van der Waals surface area contributed by atoms with E-state index in [-0.39, 0.29) is 6.04 Å². The van der Waals surface area contributed by atoms with Gasteiger partial charge in [-0.15, -0.1) is 0 Å². The molecule has 102 valence electrons. The lowest BCUT2D eigenvalue weighted by molar-refractivity contribution is 0.306. The molecule has 0 saturated heterocycles. The molecule has 0 aliphatic carbocycles. The second kappa shape index (κ2) is 6.76. The molecule has 0 heterocycles. The first-order chi connectivity index (χ1) is 8.43. The predicted octanol–water partition coefficient (Wildman–Crippen LogP) is 2.48. The summed E-state index contributed by atoms with van der Waals surface area (Å²) in [7, 11) is 3.85. The van der Waals surface area contributed by atoms with Gasteiger partial charge in [0.1, 0.15) is 5.75 Å². The van der Waals surface area contributed by atoms with Crippen LogP contribution in [0.5, 0.6) is 5.75 Å². The number of benzene rings is 1. The molecule has 1 rings (SSSR count). The number of aryl methyl sites for hydroxylation is 2. The minimum atomic E-state index is 0.258. The molecule has 0 aliphatic rings. The Morgan fingerprint density at radius 3 is 2.44 bits per heavy atom. The largest absolute Gasteiger partial charge is 0.496 e. The summed E-state index contributed by atoms with van der Waals surface area (Å²) in [5.74, 6) is 0.978. The fourth-order valence-corrected chi connectivity index (χ4v) is 1.96. The van der Waals surface area contributed by atoms with Crippen molar-refractivity contribution in [1.29, 1.82) is 0 Å². The van der Waals surface area contributed by atoms with Crippen LogP contribution in [0.2, 0.25) is 0 Å². The van der Waals surface area contributed by atoms with Crippen molar-refractivity contribution in [2.75, 3.05) is 20.7 Å². The first-order valence-electron chi connectivity index (χ1n) is 6.52. The second-order valence-electron chi connectivity index (χ2n) is 5.25. The van der Waals surface area contributed by atoms with Gasteiger partial charge in [0.15, 0.2) is 0 Å². The molecule has 0 amide bonds. The van der Waals surface area contributed by atoms with Crippen LogP contribution < -0.4 is 10.5 Å². The smallest absolute Gasteiger partial charge is 0.123 e. The van der Waals surface area contributed by atoms with Crippen molar-refractivity contribution >= 4 is 0 Å². The molecule has 1 aromatic rings. The van der Waals surface area contributed by atoms with Gasteiger partial charge in [-0.2, -0.15) is 0 Å². The van der Waals surface area contributed by atoms with E-state index in [9.17, 15) is 0 Å². The van der Waals surface area contributed by atoms with Crippen LogP contribution in [-0.4, -0.2) is 31.6 Å². The highest BCUT2D eigenvalue weighted by Crippen LogP contribution is 2.24. The van der Waals surface area contributed by atoms with Crippen LogP contribution in [0.4, 0.5) is 0 Å². The Morgan fingerprint density at radius 1 is 1.28 bits per heavy atom. The lowest BCUT2D eigenvalue weighted by Gasteiger charge is -2.20. The van der Waals surface area contributed by atoms with E-state index in [1.165, 1.54) is 16.7 Å². The zero-order chi connectivity index (χ0) is 13.7. The summed E-state index contributed by atoms with van der Waals surface area (Å²) < 4.78 is 5.46. The van der Waals surface area contributed by atoms with Crippen LogP contribution in [-0.2, 0) is 6.54 Å². The van der Waals surface area contributed by atoms with Gasteiger partial charge in [-0.25, -0.2) is 0 Å². The summed E-state index contributed by atoms with van der Waals surface area (Å²) in [5, 5.41) is 0.